The molecule has 2 aliphatic heterocycles. The molecule has 2 fully saturated rings. The third-order valence-electron chi connectivity index (χ3n) is 6.97. The lowest BCUT2D eigenvalue weighted by Gasteiger charge is -2.32. The summed E-state index contributed by atoms with van der Waals surface area (Å²) in [7, 11) is 0. The number of rotatable bonds is 3. The van der Waals surface area contributed by atoms with Gasteiger partial charge in [0.1, 0.15) is 23.6 Å². The zero-order chi connectivity index (χ0) is 23.4. The average molecular weight is 485 g/mol. The highest BCUT2D eigenvalue weighted by Gasteiger charge is 2.46. The topological polar surface area (TPSA) is 67.2 Å². The lowest BCUT2D eigenvalue weighted by atomic mass is 9.95. The van der Waals surface area contributed by atoms with Gasteiger partial charge in [-0.05, 0) is 55.2 Å². The summed E-state index contributed by atoms with van der Waals surface area (Å²) in [5.41, 5.74) is 1.80. The van der Waals surface area contributed by atoms with Crippen molar-refractivity contribution in [1.29, 1.82) is 0 Å². The predicted molar refractivity (Wildman–Crippen MR) is 122 cm³/mol. The Balaban J connectivity index is 1.29. The molecule has 3 aliphatic rings. The number of benzene rings is 1. The van der Waals surface area contributed by atoms with E-state index in [0.29, 0.717) is 17.4 Å². The van der Waals surface area contributed by atoms with Crippen LogP contribution in [0.2, 0.25) is 5.02 Å². The minimum absolute atomic E-state index is 0.169. The number of alkyl halides is 1. The van der Waals surface area contributed by atoms with E-state index in [-0.39, 0.29) is 30.6 Å². The van der Waals surface area contributed by atoms with Crippen molar-refractivity contribution < 1.29 is 13.6 Å². The predicted octanol–water partition coefficient (Wildman–Crippen LogP) is 4.04. The van der Waals surface area contributed by atoms with Crippen LogP contribution >= 0.6 is 11.6 Å². The summed E-state index contributed by atoms with van der Waals surface area (Å²) in [4.78, 5) is 20.9. The molecule has 0 radical (unpaired) electrons. The van der Waals surface area contributed by atoms with Crippen molar-refractivity contribution in [3.63, 3.8) is 0 Å². The van der Waals surface area contributed by atoms with Crippen LogP contribution in [-0.2, 0) is 17.9 Å². The van der Waals surface area contributed by atoms with Crippen molar-refractivity contribution in [3.05, 3.63) is 64.6 Å². The van der Waals surface area contributed by atoms with Crippen LogP contribution in [0.4, 0.5) is 14.6 Å². The number of pyridine rings is 1. The number of carbonyl (C=O) groups excluding carboxylic acids is 1. The summed E-state index contributed by atoms with van der Waals surface area (Å²) in [6.07, 6.45) is 2.16. The Morgan fingerprint density at radius 3 is 2.59 bits per heavy atom. The second-order valence-electron chi connectivity index (χ2n) is 9.23. The first kappa shape index (κ1) is 21.5. The number of anilines is 1. The highest BCUT2D eigenvalue weighted by molar-refractivity contribution is 6.30. The van der Waals surface area contributed by atoms with Gasteiger partial charge in [0, 0.05) is 30.6 Å². The van der Waals surface area contributed by atoms with Crippen LogP contribution in [0.3, 0.4) is 0 Å². The molecule has 4 heterocycles. The van der Waals surface area contributed by atoms with Gasteiger partial charge in [0.05, 0.1) is 24.3 Å². The van der Waals surface area contributed by atoms with Gasteiger partial charge >= 0.3 is 0 Å². The Labute approximate surface area is 200 Å². The van der Waals surface area contributed by atoms with Crippen molar-refractivity contribution in [3.8, 4) is 5.69 Å². The molecule has 2 atom stereocenters. The quantitative estimate of drug-likeness (QED) is 0.561. The molecule has 1 saturated heterocycles. The van der Waals surface area contributed by atoms with Crippen molar-refractivity contribution in [1.82, 2.24) is 24.6 Å². The summed E-state index contributed by atoms with van der Waals surface area (Å²) in [6.45, 7) is 2.17. The molecule has 0 spiro atoms. The average Bonchev–Trinajstić information content (AvgIpc) is 3.48. The first-order valence-corrected chi connectivity index (χ1v) is 11.9. The van der Waals surface area contributed by atoms with Crippen molar-refractivity contribution in [2.24, 2.45) is 5.92 Å². The van der Waals surface area contributed by atoms with Gasteiger partial charge in [-0.3, -0.25) is 9.36 Å². The first-order chi connectivity index (χ1) is 16.5. The monoisotopic (exact) mass is 484 g/mol. The minimum Gasteiger partial charge on any atom is -0.357 e. The summed E-state index contributed by atoms with van der Waals surface area (Å²) >= 11 is 6.29. The number of aromatic nitrogens is 4. The van der Waals surface area contributed by atoms with Crippen molar-refractivity contribution in [2.45, 2.75) is 44.4 Å². The molecule has 6 rings (SSSR count). The fourth-order valence-corrected chi connectivity index (χ4v) is 5.22. The van der Waals surface area contributed by atoms with E-state index in [0.717, 1.165) is 48.8 Å². The normalized spacial score (nSPS) is 22.2. The van der Waals surface area contributed by atoms with Crippen molar-refractivity contribution >= 4 is 23.3 Å². The fraction of sp³-hybridized carbons (Fsp3) is 0.417. The summed E-state index contributed by atoms with van der Waals surface area (Å²) in [5, 5.41) is 9.59. The van der Waals surface area contributed by atoms with Gasteiger partial charge < -0.3 is 9.80 Å². The number of hydrogen-bond acceptors (Lipinski definition) is 5. The molecule has 1 aliphatic carbocycles. The standard InChI is InChI=1S/C24H23ClF2N6O/c25-16-1-3-20-15(9-16)12-32(24(34)18-10-19(18)27)13-22-29-30-23(33(20)22)14-5-7-31(8-6-14)21-4-2-17(26)11-28-21/h1-4,9,11,14,18-19H,5-8,10,12-13H2/t18?,19-/m1/s1. The van der Waals surface area contributed by atoms with Crippen LogP contribution in [-0.4, -0.2) is 49.8 Å². The number of halogens is 3. The van der Waals surface area contributed by atoms with E-state index in [4.69, 9.17) is 11.6 Å². The van der Waals surface area contributed by atoms with E-state index >= 15 is 0 Å². The van der Waals surface area contributed by atoms with Crippen LogP contribution in [0.25, 0.3) is 5.69 Å². The van der Waals surface area contributed by atoms with E-state index in [9.17, 15) is 13.6 Å². The number of carbonyl (C=O) groups is 1. The molecule has 1 aromatic carbocycles. The molecule has 0 N–H and O–H groups in total. The van der Waals surface area contributed by atoms with E-state index in [1.54, 1.807) is 11.0 Å². The number of piperidine rings is 1. The molecule has 3 aromatic rings. The Morgan fingerprint density at radius 2 is 1.88 bits per heavy atom. The Morgan fingerprint density at radius 1 is 1.09 bits per heavy atom. The van der Waals surface area contributed by atoms with Crippen LogP contribution < -0.4 is 4.90 Å². The molecule has 1 saturated carbocycles. The number of fused-ring (bicyclic) bond motifs is 3. The van der Waals surface area contributed by atoms with Crippen LogP contribution in [0.15, 0.2) is 36.5 Å². The van der Waals surface area contributed by atoms with E-state index in [2.05, 4.69) is 24.6 Å². The maximum absolute atomic E-state index is 13.6. The van der Waals surface area contributed by atoms with Gasteiger partial charge in [-0.25, -0.2) is 13.8 Å². The van der Waals surface area contributed by atoms with E-state index in [1.165, 1.54) is 12.3 Å². The van der Waals surface area contributed by atoms with Crippen LogP contribution in [0.1, 0.15) is 42.4 Å². The Bertz CT molecular complexity index is 1240. The molecule has 176 valence electrons. The lowest BCUT2D eigenvalue weighted by molar-refractivity contribution is -0.134. The number of nitrogens with zero attached hydrogens (tertiary/aromatic N) is 6. The van der Waals surface area contributed by atoms with Gasteiger partial charge in [0.15, 0.2) is 5.82 Å². The number of hydrogen-bond donors (Lipinski definition) is 0. The second kappa shape index (κ2) is 8.30. The molecule has 10 heteroatoms. The Kier molecular flexibility index (Phi) is 5.24. The molecular formula is C24H23ClF2N6O. The SMILES string of the molecule is O=C(C1C[C@H]1F)N1Cc2cc(Cl)ccc2-n2c(nnc2C2CCN(c3ccc(F)cn3)CC2)C1. The smallest absolute Gasteiger partial charge is 0.229 e. The van der Waals surface area contributed by atoms with Gasteiger partial charge in [0.25, 0.3) is 0 Å². The molecule has 0 bridgehead atoms. The lowest BCUT2D eigenvalue weighted by Crippen LogP contribution is -2.34. The Hall–Kier alpha value is -3.07. The second-order valence-corrected chi connectivity index (χ2v) is 9.67. The maximum atomic E-state index is 13.6. The maximum Gasteiger partial charge on any atom is 0.229 e. The van der Waals surface area contributed by atoms with Gasteiger partial charge in [-0.15, -0.1) is 10.2 Å². The van der Waals surface area contributed by atoms with Gasteiger partial charge in [-0.1, -0.05) is 11.6 Å². The van der Waals surface area contributed by atoms with E-state index in [1.807, 2.05) is 18.2 Å². The molecular weight excluding hydrogens is 462 g/mol. The van der Waals surface area contributed by atoms with Crippen LogP contribution in [0.5, 0.6) is 0 Å². The number of amides is 1. The first-order valence-electron chi connectivity index (χ1n) is 11.5. The third kappa shape index (κ3) is 3.81. The fourth-order valence-electron chi connectivity index (χ4n) is 5.02. The van der Waals surface area contributed by atoms with E-state index < -0.39 is 12.1 Å². The summed E-state index contributed by atoms with van der Waals surface area (Å²) in [6, 6.07) is 8.75. The molecule has 34 heavy (non-hydrogen) atoms. The van der Waals surface area contributed by atoms with Gasteiger partial charge in [0.2, 0.25) is 5.91 Å². The summed E-state index contributed by atoms with van der Waals surface area (Å²) in [5.74, 6) is 1.37. The highest BCUT2D eigenvalue weighted by atomic mass is 35.5. The zero-order valence-electron chi connectivity index (χ0n) is 18.4. The molecule has 2 aromatic heterocycles. The zero-order valence-corrected chi connectivity index (χ0v) is 19.1. The minimum atomic E-state index is -1.05. The largest absolute Gasteiger partial charge is 0.357 e. The third-order valence-corrected chi connectivity index (χ3v) is 7.20. The highest BCUT2D eigenvalue weighted by Crippen LogP contribution is 2.38. The van der Waals surface area contributed by atoms with Gasteiger partial charge in [-0.2, -0.15) is 0 Å². The molecule has 7 nitrogen and oxygen atoms in total. The molecule has 1 unspecified atom stereocenters. The van der Waals surface area contributed by atoms with Crippen LogP contribution in [0, 0.1) is 11.7 Å². The summed E-state index contributed by atoms with van der Waals surface area (Å²) < 4.78 is 28.9. The molecule has 1 amide bonds. The van der Waals surface area contributed by atoms with Crippen molar-refractivity contribution in [2.75, 3.05) is 18.0 Å².